The molecule has 1 N–H and O–H groups in total. The number of fused-ring (bicyclic) bond motifs is 1. The average Bonchev–Trinajstić information content (AvgIpc) is 2.72. The van der Waals surface area contributed by atoms with Gasteiger partial charge in [-0.2, -0.15) is 0 Å². The molecule has 2 heterocycles. The third kappa shape index (κ3) is 3.49. The van der Waals surface area contributed by atoms with Crippen LogP contribution >= 0.6 is 0 Å². The minimum absolute atomic E-state index is 0.186. The largest absolute Gasteiger partial charge is 0.496 e. The number of carbonyl (C=O) groups is 1. The molecule has 1 unspecified atom stereocenters. The maximum atomic E-state index is 13.1. The Balaban J connectivity index is 1.48. The smallest absolute Gasteiger partial charge is 0.240 e. The molecule has 0 spiro atoms. The van der Waals surface area contributed by atoms with Gasteiger partial charge in [-0.3, -0.25) is 9.69 Å². The second kappa shape index (κ2) is 7.72. The molecule has 2 aliphatic rings. The van der Waals surface area contributed by atoms with Crippen molar-refractivity contribution in [3.05, 3.63) is 42.0 Å². The average molecular weight is 382 g/mol. The van der Waals surface area contributed by atoms with Crippen LogP contribution in [-0.2, 0) is 11.3 Å². The Morgan fingerprint density at radius 2 is 1.86 bits per heavy atom. The third-order valence-corrected chi connectivity index (χ3v) is 6.66. The van der Waals surface area contributed by atoms with E-state index < -0.39 is 5.54 Å². The maximum Gasteiger partial charge on any atom is 0.240 e. The van der Waals surface area contributed by atoms with Gasteiger partial charge in [0.25, 0.3) is 0 Å². The molecule has 2 saturated heterocycles. The normalized spacial score (nSPS) is 24.1. The van der Waals surface area contributed by atoms with E-state index in [1.807, 2.05) is 12.1 Å². The van der Waals surface area contributed by atoms with Crippen LogP contribution in [0.1, 0.15) is 31.7 Å². The Hall–Kier alpha value is -2.11. The van der Waals surface area contributed by atoms with Gasteiger partial charge in [-0.25, -0.2) is 0 Å². The summed E-state index contributed by atoms with van der Waals surface area (Å²) in [4.78, 5) is 17.7. The standard InChI is InChI=1S/C23H31N3O2/c1-23(22(27)24-18-10-13-25(2)14-11-18)12-15-26(23)16-17-8-9-21(28-3)20-7-5-4-6-19(17)20/h4-9,18H,10-16H2,1-3H3,(H,24,27). The molecule has 28 heavy (non-hydrogen) atoms. The molecule has 0 saturated carbocycles. The number of amides is 1. The number of nitrogens with one attached hydrogen (secondary N) is 1. The Bertz CT molecular complexity index is 860. The van der Waals surface area contributed by atoms with E-state index in [1.54, 1.807) is 7.11 Å². The predicted molar refractivity (Wildman–Crippen MR) is 113 cm³/mol. The zero-order valence-electron chi connectivity index (χ0n) is 17.2. The number of likely N-dealkylation sites (tertiary alicyclic amines) is 2. The van der Waals surface area contributed by atoms with Gasteiger partial charge in [0.1, 0.15) is 5.75 Å². The SMILES string of the molecule is COc1ccc(CN2CCC2(C)C(=O)NC2CCN(C)CC2)c2ccccc12. The van der Waals surface area contributed by atoms with Crippen LogP contribution in [0.3, 0.4) is 0 Å². The summed E-state index contributed by atoms with van der Waals surface area (Å²) < 4.78 is 5.52. The van der Waals surface area contributed by atoms with E-state index in [0.717, 1.165) is 56.6 Å². The van der Waals surface area contributed by atoms with Crippen LogP contribution in [0, 0.1) is 0 Å². The van der Waals surface area contributed by atoms with E-state index in [1.165, 1.54) is 10.9 Å². The Labute approximate surface area is 167 Å². The number of benzene rings is 2. The van der Waals surface area contributed by atoms with Gasteiger partial charge in [0.15, 0.2) is 0 Å². The molecule has 1 atom stereocenters. The fourth-order valence-corrected chi connectivity index (χ4v) is 4.47. The van der Waals surface area contributed by atoms with Crippen molar-refractivity contribution in [3.8, 4) is 5.75 Å². The minimum atomic E-state index is -0.412. The summed E-state index contributed by atoms with van der Waals surface area (Å²) in [6.45, 7) is 5.94. The Kier molecular flexibility index (Phi) is 5.30. The summed E-state index contributed by atoms with van der Waals surface area (Å²) >= 11 is 0. The van der Waals surface area contributed by atoms with Crippen molar-refractivity contribution < 1.29 is 9.53 Å². The second-order valence-corrected chi connectivity index (χ2v) is 8.47. The van der Waals surface area contributed by atoms with Gasteiger partial charge in [0.05, 0.1) is 12.6 Å². The molecule has 4 rings (SSSR count). The first kappa shape index (κ1) is 19.2. The number of hydrogen-bond acceptors (Lipinski definition) is 4. The van der Waals surface area contributed by atoms with Crippen LogP contribution in [-0.4, -0.2) is 61.1 Å². The summed E-state index contributed by atoms with van der Waals surface area (Å²) in [7, 11) is 3.85. The lowest BCUT2D eigenvalue weighted by Crippen LogP contribution is -2.66. The zero-order valence-corrected chi connectivity index (χ0v) is 17.2. The van der Waals surface area contributed by atoms with Crippen LogP contribution in [0.5, 0.6) is 5.75 Å². The Morgan fingerprint density at radius 1 is 1.14 bits per heavy atom. The lowest BCUT2D eigenvalue weighted by atomic mass is 9.84. The highest BCUT2D eigenvalue weighted by atomic mass is 16.5. The van der Waals surface area contributed by atoms with Gasteiger partial charge in [-0.05, 0) is 63.3 Å². The minimum Gasteiger partial charge on any atom is -0.496 e. The van der Waals surface area contributed by atoms with Crippen LogP contribution in [0.4, 0.5) is 0 Å². The van der Waals surface area contributed by atoms with Crippen molar-refractivity contribution in [1.29, 1.82) is 0 Å². The highest BCUT2D eigenvalue weighted by Gasteiger charge is 2.47. The molecule has 0 radical (unpaired) electrons. The van der Waals surface area contributed by atoms with Crippen molar-refractivity contribution in [2.45, 2.75) is 44.3 Å². The number of ether oxygens (including phenoxy) is 1. The van der Waals surface area contributed by atoms with Crippen LogP contribution < -0.4 is 10.1 Å². The summed E-state index contributed by atoms with van der Waals surface area (Å²) in [5, 5.41) is 5.65. The van der Waals surface area contributed by atoms with Crippen molar-refractivity contribution in [2.24, 2.45) is 0 Å². The molecule has 2 aromatic carbocycles. The van der Waals surface area contributed by atoms with Gasteiger partial charge in [0.2, 0.25) is 5.91 Å². The quantitative estimate of drug-likeness (QED) is 0.865. The molecule has 2 aromatic rings. The van der Waals surface area contributed by atoms with Crippen molar-refractivity contribution in [1.82, 2.24) is 15.1 Å². The second-order valence-electron chi connectivity index (χ2n) is 8.47. The number of rotatable bonds is 5. The molecule has 2 aliphatic heterocycles. The Morgan fingerprint density at radius 3 is 2.50 bits per heavy atom. The van der Waals surface area contributed by atoms with Crippen molar-refractivity contribution >= 4 is 16.7 Å². The van der Waals surface area contributed by atoms with E-state index in [9.17, 15) is 4.79 Å². The fourth-order valence-electron chi connectivity index (χ4n) is 4.47. The van der Waals surface area contributed by atoms with Crippen LogP contribution in [0.25, 0.3) is 10.8 Å². The van der Waals surface area contributed by atoms with Gasteiger partial charge < -0.3 is 15.0 Å². The summed E-state index contributed by atoms with van der Waals surface area (Å²) in [6, 6.07) is 12.8. The van der Waals surface area contributed by atoms with E-state index >= 15 is 0 Å². The molecule has 0 aliphatic carbocycles. The molecule has 5 heteroatoms. The van der Waals surface area contributed by atoms with Crippen LogP contribution in [0.15, 0.2) is 36.4 Å². The van der Waals surface area contributed by atoms with Gasteiger partial charge in [0, 0.05) is 24.5 Å². The lowest BCUT2D eigenvalue weighted by molar-refractivity contribution is -0.143. The number of methoxy groups -OCH3 is 1. The van der Waals surface area contributed by atoms with Crippen molar-refractivity contribution in [2.75, 3.05) is 33.8 Å². The molecule has 0 aromatic heterocycles. The lowest BCUT2D eigenvalue weighted by Gasteiger charge is -2.50. The number of carbonyl (C=O) groups excluding carboxylic acids is 1. The summed E-state index contributed by atoms with van der Waals surface area (Å²) in [5.41, 5.74) is 0.833. The van der Waals surface area contributed by atoms with E-state index in [2.05, 4.69) is 53.4 Å². The number of nitrogens with zero attached hydrogens (tertiary/aromatic N) is 2. The van der Waals surface area contributed by atoms with Crippen molar-refractivity contribution in [3.63, 3.8) is 0 Å². The highest BCUT2D eigenvalue weighted by molar-refractivity contribution is 5.91. The molecular weight excluding hydrogens is 350 g/mol. The molecule has 5 nitrogen and oxygen atoms in total. The van der Waals surface area contributed by atoms with Crippen LogP contribution in [0.2, 0.25) is 0 Å². The first-order valence-electron chi connectivity index (χ1n) is 10.3. The molecule has 150 valence electrons. The summed E-state index contributed by atoms with van der Waals surface area (Å²) in [5.74, 6) is 1.08. The fraction of sp³-hybridized carbons (Fsp3) is 0.522. The van der Waals surface area contributed by atoms with Gasteiger partial charge in [-0.1, -0.05) is 30.3 Å². The molecule has 0 bridgehead atoms. The zero-order chi connectivity index (χ0) is 19.7. The van der Waals surface area contributed by atoms with E-state index in [-0.39, 0.29) is 5.91 Å². The first-order chi connectivity index (χ1) is 13.5. The van der Waals surface area contributed by atoms with E-state index in [0.29, 0.717) is 6.04 Å². The van der Waals surface area contributed by atoms with E-state index in [4.69, 9.17) is 4.74 Å². The monoisotopic (exact) mass is 381 g/mol. The van der Waals surface area contributed by atoms with Gasteiger partial charge in [-0.15, -0.1) is 0 Å². The topological polar surface area (TPSA) is 44.8 Å². The summed E-state index contributed by atoms with van der Waals surface area (Å²) in [6.07, 6.45) is 3.00. The molecule has 2 fully saturated rings. The molecular formula is C23H31N3O2. The first-order valence-corrected chi connectivity index (χ1v) is 10.3. The number of piperidine rings is 1. The molecule has 1 amide bonds. The number of hydrogen-bond donors (Lipinski definition) is 1. The maximum absolute atomic E-state index is 13.1. The predicted octanol–water partition coefficient (Wildman–Crippen LogP) is 3.02. The van der Waals surface area contributed by atoms with Gasteiger partial charge >= 0.3 is 0 Å². The highest BCUT2D eigenvalue weighted by Crippen LogP contribution is 2.35. The third-order valence-electron chi connectivity index (χ3n) is 6.66.